The van der Waals surface area contributed by atoms with Crippen molar-refractivity contribution < 1.29 is 13.2 Å². The van der Waals surface area contributed by atoms with Gasteiger partial charge < -0.3 is 10.1 Å². The Morgan fingerprint density at radius 3 is 2.50 bits per heavy atom. The second-order valence-corrected chi connectivity index (χ2v) is 6.76. The van der Waals surface area contributed by atoms with Crippen molar-refractivity contribution in [3.63, 3.8) is 0 Å². The maximum atomic E-state index is 11.7. The molecule has 114 valence electrons. The molecule has 0 heterocycles. The Morgan fingerprint density at radius 2 is 1.85 bits per heavy atom. The highest BCUT2D eigenvalue weighted by atomic mass is 32.2. The zero-order valence-corrected chi connectivity index (χ0v) is 12.9. The fourth-order valence-electron chi connectivity index (χ4n) is 1.61. The van der Waals surface area contributed by atoms with Gasteiger partial charge in [-0.05, 0) is 25.1 Å². The summed E-state index contributed by atoms with van der Waals surface area (Å²) in [7, 11) is -3.20. The topological polar surface area (TPSA) is 67.4 Å². The molecule has 0 bridgehead atoms. The molecule has 0 saturated heterocycles. The van der Waals surface area contributed by atoms with Crippen molar-refractivity contribution >= 4 is 10.0 Å². The summed E-state index contributed by atoms with van der Waals surface area (Å²) in [6.45, 7) is 5.39. The van der Waals surface area contributed by atoms with E-state index in [1.807, 2.05) is 44.2 Å². The monoisotopic (exact) mass is 300 g/mol. The van der Waals surface area contributed by atoms with E-state index in [1.165, 1.54) is 0 Å². The number of rotatable bonds is 10. The van der Waals surface area contributed by atoms with Gasteiger partial charge in [0.2, 0.25) is 10.0 Å². The zero-order chi connectivity index (χ0) is 14.8. The molecule has 0 aliphatic heterocycles. The fourth-order valence-corrected chi connectivity index (χ4v) is 2.67. The van der Waals surface area contributed by atoms with E-state index in [4.69, 9.17) is 4.74 Å². The number of benzene rings is 1. The van der Waals surface area contributed by atoms with E-state index in [0.717, 1.165) is 5.75 Å². The third kappa shape index (κ3) is 8.14. The van der Waals surface area contributed by atoms with E-state index in [-0.39, 0.29) is 12.3 Å². The number of sulfonamides is 1. The second kappa shape index (κ2) is 8.94. The summed E-state index contributed by atoms with van der Waals surface area (Å²) < 4.78 is 31.3. The molecule has 20 heavy (non-hydrogen) atoms. The van der Waals surface area contributed by atoms with Crippen LogP contribution in [0.1, 0.15) is 20.3 Å². The first-order valence-corrected chi connectivity index (χ1v) is 8.53. The number of hydrogen-bond acceptors (Lipinski definition) is 4. The predicted molar refractivity (Wildman–Crippen MR) is 81.5 cm³/mol. The molecule has 0 aliphatic rings. The molecular weight excluding hydrogens is 276 g/mol. The van der Waals surface area contributed by atoms with Crippen molar-refractivity contribution in [2.75, 3.05) is 25.4 Å². The molecule has 6 heteroatoms. The van der Waals surface area contributed by atoms with Crippen LogP contribution >= 0.6 is 0 Å². The molecule has 0 unspecified atom stereocenters. The van der Waals surface area contributed by atoms with Gasteiger partial charge in [-0.3, -0.25) is 0 Å². The van der Waals surface area contributed by atoms with Crippen molar-refractivity contribution in [1.29, 1.82) is 0 Å². The summed E-state index contributed by atoms with van der Waals surface area (Å²) in [5, 5.41) is 3.19. The average molecular weight is 300 g/mol. The van der Waals surface area contributed by atoms with Crippen LogP contribution in [-0.2, 0) is 10.0 Å². The van der Waals surface area contributed by atoms with Gasteiger partial charge in [-0.2, -0.15) is 0 Å². The highest BCUT2D eigenvalue weighted by Gasteiger charge is 2.09. The molecule has 2 N–H and O–H groups in total. The summed E-state index contributed by atoms with van der Waals surface area (Å²) in [5.41, 5.74) is 0. The number of nitrogens with one attached hydrogen (secondary N) is 2. The van der Waals surface area contributed by atoms with Crippen LogP contribution in [-0.4, -0.2) is 39.9 Å². The smallest absolute Gasteiger partial charge is 0.211 e. The van der Waals surface area contributed by atoms with E-state index in [1.54, 1.807) is 0 Å². The summed E-state index contributed by atoms with van der Waals surface area (Å²) in [6.07, 6.45) is 0.604. The summed E-state index contributed by atoms with van der Waals surface area (Å²) in [5.74, 6) is 0.880. The first-order chi connectivity index (χ1) is 9.49. The van der Waals surface area contributed by atoms with Crippen LogP contribution in [0.15, 0.2) is 30.3 Å². The molecule has 0 amide bonds. The maximum absolute atomic E-state index is 11.7. The van der Waals surface area contributed by atoms with Crippen LogP contribution in [0.25, 0.3) is 0 Å². The molecule has 0 fully saturated rings. The standard InChI is InChI=1S/C14H24N2O3S/c1-13(2)15-9-6-12-20(17,18)16-10-11-19-14-7-4-3-5-8-14/h3-5,7-8,13,15-16H,6,9-12H2,1-2H3. The molecule has 0 saturated carbocycles. The van der Waals surface area contributed by atoms with Crippen LogP contribution in [0.2, 0.25) is 0 Å². The van der Waals surface area contributed by atoms with Crippen LogP contribution in [0.5, 0.6) is 5.75 Å². The molecule has 0 aliphatic carbocycles. The molecule has 0 aromatic heterocycles. The molecule has 0 atom stereocenters. The normalized spacial score (nSPS) is 11.8. The van der Waals surface area contributed by atoms with Crippen LogP contribution < -0.4 is 14.8 Å². The fraction of sp³-hybridized carbons (Fsp3) is 0.571. The van der Waals surface area contributed by atoms with Gasteiger partial charge in [0, 0.05) is 12.6 Å². The van der Waals surface area contributed by atoms with Gasteiger partial charge in [0.25, 0.3) is 0 Å². The maximum Gasteiger partial charge on any atom is 0.211 e. The summed E-state index contributed by atoms with van der Waals surface area (Å²) >= 11 is 0. The van der Waals surface area contributed by atoms with Crippen LogP contribution in [0.3, 0.4) is 0 Å². The Balaban J connectivity index is 2.13. The summed E-state index contributed by atoms with van der Waals surface area (Å²) in [6, 6.07) is 9.71. The number of para-hydroxylation sites is 1. The molecule has 1 aromatic carbocycles. The summed E-state index contributed by atoms with van der Waals surface area (Å²) in [4.78, 5) is 0. The Hall–Kier alpha value is -1.11. The van der Waals surface area contributed by atoms with Crippen LogP contribution in [0.4, 0.5) is 0 Å². The predicted octanol–water partition coefficient (Wildman–Crippen LogP) is 1.37. The first kappa shape index (κ1) is 16.9. The Labute approximate surface area is 121 Å². The van der Waals surface area contributed by atoms with Gasteiger partial charge in [0.1, 0.15) is 12.4 Å². The lowest BCUT2D eigenvalue weighted by atomic mass is 10.3. The van der Waals surface area contributed by atoms with Gasteiger partial charge in [-0.15, -0.1) is 0 Å². The van der Waals surface area contributed by atoms with E-state index >= 15 is 0 Å². The number of hydrogen-bond donors (Lipinski definition) is 2. The van der Waals surface area contributed by atoms with Gasteiger partial charge >= 0.3 is 0 Å². The lowest BCUT2D eigenvalue weighted by Crippen LogP contribution is -2.32. The van der Waals surface area contributed by atoms with E-state index in [0.29, 0.717) is 25.6 Å². The lowest BCUT2D eigenvalue weighted by Gasteiger charge is -2.10. The quantitative estimate of drug-likeness (QED) is 0.641. The van der Waals surface area contributed by atoms with Gasteiger partial charge in [0.05, 0.1) is 5.75 Å². The first-order valence-electron chi connectivity index (χ1n) is 6.88. The zero-order valence-electron chi connectivity index (χ0n) is 12.1. The molecule has 1 rings (SSSR count). The van der Waals surface area contributed by atoms with Crippen molar-refractivity contribution in [3.8, 4) is 5.75 Å². The van der Waals surface area contributed by atoms with Crippen molar-refractivity contribution in [2.24, 2.45) is 0 Å². The molecule has 0 radical (unpaired) electrons. The highest BCUT2D eigenvalue weighted by molar-refractivity contribution is 7.89. The van der Waals surface area contributed by atoms with Gasteiger partial charge in [0.15, 0.2) is 0 Å². The molecule has 1 aromatic rings. The average Bonchev–Trinajstić information content (AvgIpc) is 2.41. The van der Waals surface area contributed by atoms with E-state index < -0.39 is 10.0 Å². The minimum absolute atomic E-state index is 0.137. The van der Waals surface area contributed by atoms with Gasteiger partial charge in [-0.1, -0.05) is 32.0 Å². The van der Waals surface area contributed by atoms with E-state index in [9.17, 15) is 8.42 Å². The lowest BCUT2D eigenvalue weighted by molar-refractivity contribution is 0.323. The molecule has 0 spiro atoms. The largest absolute Gasteiger partial charge is 0.492 e. The highest BCUT2D eigenvalue weighted by Crippen LogP contribution is 2.07. The van der Waals surface area contributed by atoms with Gasteiger partial charge in [-0.25, -0.2) is 13.1 Å². The van der Waals surface area contributed by atoms with Crippen molar-refractivity contribution in [1.82, 2.24) is 10.0 Å². The second-order valence-electron chi connectivity index (χ2n) is 4.84. The molecular formula is C14H24N2O3S. The minimum Gasteiger partial charge on any atom is -0.492 e. The third-order valence-corrected chi connectivity index (χ3v) is 4.05. The third-order valence-electron chi connectivity index (χ3n) is 2.58. The Kier molecular flexibility index (Phi) is 7.58. The van der Waals surface area contributed by atoms with Crippen molar-refractivity contribution in [3.05, 3.63) is 30.3 Å². The Bertz CT molecular complexity index is 461. The minimum atomic E-state index is -3.20. The van der Waals surface area contributed by atoms with E-state index in [2.05, 4.69) is 10.0 Å². The number of ether oxygens (including phenoxy) is 1. The van der Waals surface area contributed by atoms with Crippen molar-refractivity contribution in [2.45, 2.75) is 26.3 Å². The molecule has 5 nitrogen and oxygen atoms in total. The SMILES string of the molecule is CC(C)NCCCS(=O)(=O)NCCOc1ccccc1. The Morgan fingerprint density at radius 1 is 1.15 bits per heavy atom. The van der Waals surface area contributed by atoms with Crippen LogP contribution in [0, 0.1) is 0 Å².